The topological polar surface area (TPSA) is 108 Å². The lowest BCUT2D eigenvalue weighted by atomic mass is 9.98. The predicted molar refractivity (Wildman–Crippen MR) is 142 cm³/mol. The average Bonchev–Trinajstić information content (AvgIpc) is 2.85. The summed E-state index contributed by atoms with van der Waals surface area (Å²) >= 11 is 0. The van der Waals surface area contributed by atoms with Crippen LogP contribution in [0.4, 0.5) is 4.79 Å². The molecule has 0 saturated carbocycles. The summed E-state index contributed by atoms with van der Waals surface area (Å²) in [6.07, 6.45) is 4.74. The number of nitrogens with one attached hydrogen (secondary N) is 2. The Balaban J connectivity index is 2.42. The van der Waals surface area contributed by atoms with Crippen LogP contribution < -0.4 is 10.6 Å². The van der Waals surface area contributed by atoms with E-state index in [-0.39, 0.29) is 25.6 Å². The van der Waals surface area contributed by atoms with Crippen LogP contribution in [-0.2, 0) is 20.9 Å². The maximum Gasteiger partial charge on any atom is 0.408 e. The number of terminal acetylenes is 1. The Morgan fingerprint density at radius 1 is 1.05 bits per heavy atom. The van der Waals surface area contributed by atoms with Gasteiger partial charge in [0.25, 0.3) is 0 Å². The second kappa shape index (κ2) is 13.5. The van der Waals surface area contributed by atoms with Crippen LogP contribution in [0.1, 0.15) is 57.4 Å². The Hall–Kier alpha value is -3.83. The molecule has 0 bridgehead atoms. The van der Waals surface area contributed by atoms with Crippen molar-refractivity contribution in [2.45, 2.75) is 58.8 Å². The molecule has 8 nitrogen and oxygen atoms in total. The number of nitrogens with zero attached hydrogens (tertiary/aromatic N) is 1. The average molecular weight is 508 g/mol. The second-order valence-electron chi connectivity index (χ2n) is 10.00. The standard InChI is InChI=1S/C29H37N3O5/c1-7-21-13-15-23(16-14-21)25(26(34)30-19-22-11-9-8-10-12-22)32(17-18-33)27(35)24(20(2)3)31-28(36)37-29(4,5)6/h1,8-16,20,24-25,33H,17-19H2,2-6H3,(H,30,34)(H,31,36). The van der Waals surface area contributed by atoms with E-state index >= 15 is 0 Å². The SMILES string of the molecule is C#Cc1ccc(C(C(=O)NCc2ccccc2)N(CCO)C(=O)C(NC(=O)OC(C)(C)C)C(C)C)cc1. The van der Waals surface area contributed by atoms with Gasteiger partial charge in [-0.05, 0) is 49.9 Å². The maximum absolute atomic E-state index is 13.8. The van der Waals surface area contributed by atoms with E-state index in [4.69, 9.17) is 11.2 Å². The van der Waals surface area contributed by atoms with Crippen molar-refractivity contribution in [3.05, 3.63) is 71.3 Å². The third-order valence-corrected chi connectivity index (χ3v) is 5.49. The lowest BCUT2D eigenvalue weighted by Crippen LogP contribution is -2.55. The Morgan fingerprint density at radius 3 is 2.19 bits per heavy atom. The summed E-state index contributed by atoms with van der Waals surface area (Å²) in [7, 11) is 0. The van der Waals surface area contributed by atoms with Gasteiger partial charge < -0.3 is 25.4 Å². The van der Waals surface area contributed by atoms with E-state index in [2.05, 4.69) is 16.6 Å². The number of carbonyl (C=O) groups is 3. The summed E-state index contributed by atoms with van der Waals surface area (Å²) in [5.74, 6) is 1.27. The number of hydrogen-bond acceptors (Lipinski definition) is 5. The first kappa shape index (κ1) is 29.4. The summed E-state index contributed by atoms with van der Waals surface area (Å²) in [6.45, 7) is 8.49. The summed E-state index contributed by atoms with van der Waals surface area (Å²) in [6, 6.07) is 14.1. The zero-order valence-electron chi connectivity index (χ0n) is 22.2. The number of hydrogen-bond donors (Lipinski definition) is 3. The molecule has 2 unspecified atom stereocenters. The molecule has 0 fully saturated rings. The lowest BCUT2D eigenvalue weighted by Gasteiger charge is -2.35. The Morgan fingerprint density at radius 2 is 1.68 bits per heavy atom. The van der Waals surface area contributed by atoms with Crippen LogP contribution in [0, 0.1) is 18.3 Å². The Labute approximate surface area is 219 Å². The molecule has 2 atom stereocenters. The number of rotatable bonds is 10. The first-order chi connectivity index (χ1) is 17.5. The fraction of sp³-hybridized carbons (Fsp3) is 0.414. The fourth-order valence-corrected chi connectivity index (χ4v) is 3.72. The first-order valence-corrected chi connectivity index (χ1v) is 12.3. The van der Waals surface area contributed by atoms with Gasteiger partial charge in [0.05, 0.1) is 6.61 Å². The summed E-state index contributed by atoms with van der Waals surface area (Å²) in [4.78, 5) is 41.2. The zero-order chi connectivity index (χ0) is 27.6. The first-order valence-electron chi connectivity index (χ1n) is 12.3. The van der Waals surface area contributed by atoms with Crippen molar-refractivity contribution in [3.8, 4) is 12.3 Å². The van der Waals surface area contributed by atoms with Gasteiger partial charge in [-0.15, -0.1) is 6.42 Å². The molecule has 0 aromatic heterocycles. The van der Waals surface area contributed by atoms with Crippen LogP contribution in [-0.4, -0.2) is 52.7 Å². The highest BCUT2D eigenvalue weighted by Gasteiger charge is 2.37. The quantitative estimate of drug-likeness (QED) is 0.427. The van der Waals surface area contributed by atoms with E-state index in [1.54, 1.807) is 58.9 Å². The van der Waals surface area contributed by atoms with Crippen molar-refractivity contribution >= 4 is 17.9 Å². The van der Waals surface area contributed by atoms with Crippen molar-refractivity contribution in [2.75, 3.05) is 13.2 Å². The van der Waals surface area contributed by atoms with Gasteiger partial charge >= 0.3 is 6.09 Å². The van der Waals surface area contributed by atoms with Crippen molar-refractivity contribution in [3.63, 3.8) is 0 Å². The van der Waals surface area contributed by atoms with Gasteiger partial charge in [0, 0.05) is 18.7 Å². The normalized spacial score (nSPS) is 12.7. The molecule has 0 heterocycles. The molecule has 8 heteroatoms. The number of amides is 3. The smallest absolute Gasteiger partial charge is 0.408 e. The fourth-order valence-electron chi connectivity index (χ4n) is 3.72. The van der Waals surface area contributed by atoms with Gasteiger partial charge in [0.1, 0.15) is 17.7 Å². The number of aliphatic hydroxyl groups excluding tert-OH is 1. The van der Waals surface area contributed by atoms with E-state index in [9.17, 15) is 19.5 Å². The molecule has 0 radical (unpaired) electrons. The van der Waals surface area contributed by atoms with E-state index in [1.807, 2.05) is 30.3 Å². The minimum absolute atomic E-state index is 0.127. The molecule has 0 aliphatic carbocycles. The van der Waals surface area contributed by atoms with Crippen molar-refractivity contribution in [1.82, 2.24) is 15.5 Å². The maximum atomic E-state index is 13.8. The molecule has 2 aromatic carbocycles. The lowest BCUT2D eigenvalue weighted by molar-refractivity contribution is -0.144. The molecular weight excluding hydrogens is 470 g/mol. The predicted octanol–water partition coefficient (Wildman–Crippen LogP) is 3.40. The van der Waals surface area contributed by atoms with Crippen LogP contribution in [0.3, 0.4) is 0 Å². The number of carbonyl (C=O) groups excluding carboxylic acids is 3. The molecule has 2 aromatic rings. The number of benzene rings is 2. The van der Waals surface area contributed by atoms with Crippen LogP contribution in [0.2, 0.25) is 0 Å². The van der Waals surface area contributed by atoms with Gasteiger partial charge in [0.2, 0.25) is 11.8 Å². The van der Waals surface area contributed by atoms with Gasteiger partial charge in [-0.25, -0.2) is 4.79 Å². The number of alkyl carbamates (subject to hydrolysis) is 1. The number of aliphatic hydroxyl groups is 1. The van der Waals surface area contributed by atoms with Gasteiger partial charge in [-0.2, -0.15) is 0 Å². The van der Waals surface area contributed by atoms with E-state index < -0.39 is 35.6 Å². The highest BCUT2D eigenvalue weighted by molar-refractivity contribution is 5.92. The summed E-state index contributed by atoms with van der Waals surface area (Å²) in [5, 5.41) is 15.4. The Bertz CT molecular complexity index is 1090. The van der Waals surface area contributed by atoms with Crippen molar-refractivity contribution in [2.24, 2.45) is 5.92 Å². The van der Waals surface area contributed by atoms with E-state index in [0.717, 1.165) is 5.56 Å². The highest BCUT2D eigenvalue weighted by atomic mass is 16.6. The van der Waals surface area contributed by atoms with Crippen LogP contribution in [0.15, 0.2) is 54.6 Å². The van der Waals surface area contributed by atoms with Crippen LogP contribution >= 0.6 is 0 Å². The summed E-state index contributed by atoms with van der Waals surface area (Å²) < 4.78 is 5.35. The van der Waals surface area contributed by atoms with Crippen LogP contribution in [0.25, 0.3) is 0 Å². The molecule has 3 N–H and O–H groups in total. The van der Waals surface area contributed by atoms with Gasteiger partial charge in [-0.3, -0.25) is 9.59 Å². The Kier molecular flexibility index (Phi) is 10.7. The summed E-state index contributed by atoms with van der Waals surface area (Å²) in [5.41, 5.74) is 1.28. The van der Waals surface area contributed by atoms with Crippen molar-refractivity contribution < 1.29 is 24.2 Å². The minimum atomic E-state index is -1.07. The zero-order valence-corrected chi connectivity index (χ0v) is 22.2. The van der Waals surface area contributed by atoms with E-state index in [0.29, 0.717) is 11.1 Å². The number of ether oxygens (including phenoxy) is 1. The highest BCUT2D eigenvalue weighted by Crippen LogP contribution is 2.24. The third-order valence-electron chi connectivity index (χ3n) is 5.49. The van der Waals surface area contributed by atoms with Gasteiger partial charge in [-0.1, -0.05) is 62.2 Å². The van der Waals surface area contributed by atoms with Gasteiger partial charge in [0.15, 0.2) is 0 Å². The molecule has 3 amide bonds. The minimum Gasteiger partial charge on any atom is -0.444 e. The van der Waals surface area contributed by atoms with E-state index in [1.165, 1.54) is 4.90 Å². The molecule has 0 saturated heterocycles. The molecule has 0 aliphatic heterocycles. The third kappa shape index (κ3) is 8.96. The molecule has 0 aliphatic rings. The molecule has 2 rings (SSSR count). The molecule has 37 heavy (non-hydrogen) atoms. The molecular formula is C29H37N3O5. The monoisotopic (exact) mass is 507 g/mol. The van der Waals surface area contributed by atoms with Crippen LogP contribution in [0.5, 0.6) is 0 Å². The molecule has 198 valence electrons. The molecule has 0 spiro atoms. The van der Waals surface area contributed by atoms with Crippen molar-refractivity contribution in [1.29, 1.82) is 0 Å². The second-order valence-corrected chi connectivity index (χ2v) is 10.00. The largest absolute Gasteiger partial charge is 0.444 e.